The molecule has 120 valence electrons. The zero-order chi connectivity index (χ0) is 16.1. The molecule has 3 aromatic rings. The minimum Gasteiger partial charge on any atom is -0.453 e. The largest absolute Gasteiger partial charge is 0.453 e. The number of nitrogens with zero attached hydrogens (tertiary/aromatic N) is 2. The van der Waals surface area contributed by atoms with Crippen molar-refractivity contribution in [2.45, 2.75) is 30.4 Å². The second-order valence-electron chi connectivity index (χ2n) is 6.05. The molecule has 6 nitrogen and oxygen atoms in total. The highest BCUT2D eigenvalue weighted by molar-refractivity contribution is 7.91. The lowest BCUT2D eigenvalue weighted by Crippen LogP contribution is -2.32. The standard InChI is InChI=1S/C16H16N2O4S/c1-23(19,20)16(8-4-5-9-16)15-17-14(18-22-15)13-10-11-6-2-3-7-12(11)21-13/h2-3,6-7,10H,4-5,8-9H2,1H3. The topological polar surface area (TPSA) is 86.2 Å². The van der Waals surface area contributed by atoms with E-state index in [1.165, 1.54) is 6.26 Å². The van der Waals surface area contributed by atoms with Crippen LogP contribution in [0.1, 0.15) is 31.6 Å². The second kappa shape index (κ2) is 4.92. The van der Waals surface area contributed by atoms with Gasteiger partial charge in [0.2, 0.25) is 11.7 Å². The minimum absolute atomic E-state index is 0.174. The summed E-state index contributed by atoms with van der Waals surface area (Å²) in [6, 6.07) is 9.41. The van der Waals surface area contributed by atoms with E-state index in [0.29, 0.717) is 18.6 Å². The maximum Gasteiger partial charge on any atom is 0.248 e. The first-order chi connectivity index (χ1) is 11.0. The van der Waals surface area contributed by atoms with Gasteiger partial charge in [-0.05, 0) is 25.0 Å². The lowest BCUT2D eigenvalue weighted by Gasteiger charge is -2.21. The first-order valence-electron chi connectivity index (χ1n) is 7.52. The van der Waals surface area contributed by atoms with Gasteiger partial charge in [0.15, 0.2) is 20.3 Å². The fourth-order valence-electron chi connectivity index (χ4n) is 3.29. The van der Waals surface area contributed by atoms with E-state index in [2.05, 4.69) is 10.1 Å². The molecule has 0 spiro atoms. The lowest BCUT2D eigenvalue weighted by molar-refractivity contribution is 0.331. The molecule has 1 saturated carbocycles. The van der Waals surface area contributed by atoms with E-state index in [9.17, 15) is 8.42 Å². The Morgan fingerprint density at radius 1 is 1.17 bits per heavy atom. The average Bonchev–Trinajstić information content (AvgIpc) is 3.24. The molecule has 1 fully saturated rings. The molecule has 1 aromatic carbocycles. The zero-order valence-corrected chi connectivity index (χ0v) is 13.5. The molecule has 0 atom stereocenters. The summed E-state index contributed by atoms with van der Waals surface area (Å²) in [5.74, 6) is 0.932. The van der Waals surface area contributed by atoms with E-state index in [4.69, 9.17) is 8.94 Å². The smallest absolute Gasteiger partial charge is 0.248 e. The van der Waals surface area contributed by atoms with Crippen LogP contribution in [0.15, 0.2) is 39.3 Å². The monoisotopic (exact) mass is 332 g/mol. The molecule has 0 amide bonds. The van der Waals surface area contributed by atoms with Gasteiger partial charge in [0.1, 0.15) is 5.58 Å². The van der Waals surface area contributed by atoms with Crippen LogP contribution in [0.4, 0.5) is 0 Å². The third kappa shape index (κ3) is 2.18. The Kier molecular flexibility index (Phi) is 3.09. The van der Waals surface area contributed by atoms with Crippen molar-refractivity contribution in [3.8, 4) is 11.6 Å². The van der Waals surface area contributed by atoms with Crippen LogP contribution in [0.2, 0.25) is 0 Å². The summed E-state index contributed by atoms with van der Waals surface area (Å²) in [6.45, 7) is 0. The average molecular weight is 332 g/mol. The van der Waals surface area contributed by atoms with Crippen molar-refractivity contribution in [3.05, 3.63) is 36.2 Å². The predicted molar refractivity (Wildman–Crippen MR) is 84.5 cm³/mol. The quantitative estimate of drug-likeness (QED) is 0.731. The van der Waals surface area contributed by atoms with E-state index in [1.807, 2.05) is 30.3 Å². The predicted octanol–water partition coefficient (Wildman–Crippen LogP) is 3.30. The maximum absolute atomic E-state index is 12.3. The molecule has 0 bridgehead atoms. The molecule has 0 radical (unpaired) electrons. The summed E-state index contributed by atoms with van der Waals surface area (Å²) < 4.78 is 34.6. The third-order valence-electron chi connectivity index (χ3n) is 4.58. The van der Waals surface area contributed by atoms with E-state index in [-0.39, 0.29) is 11.7 Å². The molecule has 23 heavy (non-hydrogen) atoms. The van der Waals surface area contributed by atoms with Crippen LogP contribution in [-0.4, -0.2) is 24.8 Å². The first kappa shape index (κ1) is 14.4. The van der Waals surface area contributed by atoms with Gasteiger partial charge < -0.3 is 8.94 Å². The van der Waals surface area contributed by atoms with E-state index in [0.717, 1.165) is 23.8 Å². The molecule has 4 rings (SSSR count). The van der Waals surface area contributed by atoms with Gasteiger partial charge in [0.25, 0.3) is 0 Å². The van der Waals surface area contributed by atoms with Crippen LogP contribution < -0.4 is 0 Å². The van der Waals surface area contributed by atoms with Gasteiger partial charge in [-0.1, -0.05) is 36.2 Å². The summed E-state index contributed by atoms with van der Waals surface area (Å²) >= 11 is 0. The normalized spacial score (nSPS) is 17.8. The summed E-state index contributed by atoms with van der Waals surface area (Å²) in [6.07, 6.45) is 3.97. The Balaban J connectivity index is 1.79. The van der Waals surface area contributed by atoms with Crippen molar-refractivity contribution in [2.75, 3.05) is 6.26 Å². The minimum atomic E-state index is -3.34. The highest BCUT2D eigenvalue weighted by Gasteiger charge is 2.49. The lowest BCUT2D eigenvalue weighted by atomic mass is 10.1. The summed E-state index contributed by atoms with van der Waals surface area (Å²) in [7, 11) is -3.34. The Bertz CT molecular complexity index is 932. The van der Waals surface area contributed by atoms with Crippen LogP contribution in [0.3, 0.4) is 0 Å². The fraction of sp³-hybridized carbons (Fsp3) is 0.375. The van der Waals surface area contributed by atoms with Crippen molar-refractivity contribution < 1.29 is 17.4 Å². The van der Waals surface area contributed by atoms with Crippen molar-refractivity contribution >= 4 is 20.8 Å². The van der Waals surface area contributed by atoms with Gasteiger partial charge in [-0.2, -0.15) is 4.98 Å². The van der Waals surface area contributed by atoms with Gasteiger partial charge in [0, 0.05) is 11.6 Å². The second-order valence-corrected chi connectivity index (χ2v) is 8.37. The molecule has 2 heterocycles. The van der Waals surface area contributed by atoms with Crippen LogP contribution in [0, 0.1) is 0 Å². The first-order valence-corrected chi connectivity index (χ1v) is 9.41. The number of aromatic nitrogens is 2. The SMILES string of the molecule is CS(=O)(=O)C1(c2nc(-c3cc4ccccc4o3)no2)CCCC1. The molecule has 1 aliphatic rings. The van der Waals surface area contributed by atoms with Crippen molar-refractivity contribution in [1.29, 1.82) is 0 Å². The molecule has 0 N–H and O–H groups in total. The van der Waals surface area contributed by atoms with E-state index < -0.39 is 14.6 Å². The molecule has 0 unspecified atom stereocenters. The molecule has 7 heteroatoms. The third-order valence-corrected chi connectivity index (χ3v) is 6.59. The van der Waals surface area contributed by atoms with E-state index >= 15 is 0 Å². The maximum atomic E-state index is 12.3. The Morgan fingerprint density at radius 3 is 2.61 bits per heavy atom. The van der Waals surface area contributed by atoms with Crippen molar-refractivity contribution in [3.63, 3.8) is 0 Å². The molecular weight excluding hydrogens is 316 g/mol. The van der Waals surface area contributed by atoms with Gasteiger partial charge >= 0.3 is 0 Å². The molecule has 1 aliphatic carbocycles. The van der Waals surface area contributed by atoms with Gasteiger partial charge in [-0.3, -0.25) is 0 Å². The Labute approximate surface area is 133 Å². The number of hydrogen-bond acceptors (Lipinski definition) is 6. The molecule has 0 aliphatic heterocycles. The van der Waals surface area contributed by atoms with Gasteiger partial charge in [-0.15, -0.1) is 0 Å². The fourth-order valence-corrected chi connectivity index (χ4v) is 4.72. The number of rotatable bonds is 3. The van der Waals surface area contributed by atoms with Crippen LogP contribution >= 0.6 is 0 Å². The summed E-state index contributed by atoms with van der Waals surface area (Å²) in [5, 5.41) is 4.88. The van der Waals surface area contributed by atoms with Crippen molar-refractivity contribution in [1.82, 2.24) is 10.1 Å². The summed E-state index contributed by atoms with van der Waals surface area (Å²) in [4.78, 5) is 4.35. The van der Waals surface area contributed by atoms with Crippen LogP contribution in [0.25, 0.3) is 22.6 Å². The summed E-state index contributed by atoms with van der Waals surface area (Å²) in [5.41, 5.74) is 0.729. The number of hydrogen-bond donors (Lipinski definition) is 0. The number of furan rings is 1. The number of sulfone groups is 1. The Morgan fingerprint density at radius 2 is 1.91 bits per heavy atom. The molecule has 2 aromatic heterocycles. The van der Waals surface area contributed by atoms with Gasteiger partial charge in [-0.25, -0.2) is 8.42 Å². The van der Waals surface area contributed by atoms with Gasteiger partial charge in [0.05, 0.1) is 0 Å². The Hall–Kier alpha value is -2.15. The van der Waals surface area contributed by atoms with Crippen molar-refractivity contribution in [2.24, 2.45) is 0 Å². The zero-order valence-electron chi connectivity index (χ0n) is 12.7. The van der Waals surface area contributed by atoms with E-state index in [1.54, 1.807) is 0 Å². The highest BCUT2D eigenvalue weighted by Crippen LogP contribution is 2.44. The highest BCUT2D eigenvalue weighted by atomic mass is 32.2. The molecule has 0 saturated heterocycles. The number of para-hydroxylation sites is 1. The molecular formula is C16H16N2O4S. The number of fused-ring (bicyclic) bond motifs is 1. The number of benzene rings is 1. The van der Waals surface area contributed by atoms with Crippen LogP contribution in [-0.2, 0) is 14.6 Å². The van der Waals surface area contributed by atoms with Crippen LogP contribution in [0.5, 0.6) is 0 Å².